The predicted molar refractivity (Wildman–Crippen MR) is 76.4 cm³/mol. The van der Waals surface area contributed by atoms with Gasteiger partial charge in [0.1, 0.15) is 12.4 Å². The Kier molecular flexibility index (Phi) is 6.40. The lowest BCUT2D eigenvalue weighted by Gasteiger charge is -2.23. The molecule has 1 aromatic rings. The minimum absolute atomic E-state index is 0.163. The van der Waals surface area contributed by atoms with Crippen LogP contribution >= 0.6 is 0 Å². The molecule has 0 aliphatic heterocycles. The second kappa shape index (κ2) is 7.82. The van der Waals surface area contributed by atoms with Crippen molar-refractivity contribution in [2.24, 2.45) is 14.1 Å². The zero-order valence-electron chi connectivity index (χ0n) is 12.3. The molecular weight excluding hydrogens is 239 g/mol. The molecule has 4 nitrogen and oxygen atoms in total. The van der Waals surface area contributed by atoms with E-state index in [0.29, 0.717) is 13.0 Å². The first kappa shape index (κ1) is 15.5. The SMILES string of the molecule is CC/C=C/CC([B-]c1n(C)cc[n+]1C)C(=O)OCC. The molecule has 0 spiro atoms. The van der Waals surface area contributed by atoms with Crippen molar-refractivity contribution < 1.29 is 14.1 Å². The van der Waals surface area contributed by atoms with E-state index in [4.69, 9.17) is 4.74 Å². The Morgan fingerprint density at radius 1 is 1.53 bits per heavy atom. The average Bonchev–Trinajstić information content (AvgIpc) is 2.69. The van der Waals surface area contributed by atoms with Crippen molar-refractivity contribution in [3.05, 3.63) is 24.5 Å². The molecule has 1 atom stereocenters. The Morgan fingerprint density at radius 2 is 2.26 bits per heavy atom. The third kappa shape index (κ3) is 4.58. The number of imidazole rings is 1. The van der Waals surface area contributed by atoms with Crippen molar-refractivity contribution in [2.75, 3.05) is 6.61 Å². The van der Waals surface area contributed by atoms with Gasteiger partial charge in [-0.2, -0.15) is 7.28 Å². The fraction of sp³-hybridized carbons (Fsp3) is 0.571. The number of esters is 1. The number of ether oxygens (including phenoxy) is 1. The third-order valence-electron chi connectivity index (χ3n) is 2.97. The molecule has 0 aromatic carbocycles. The zero-order valence-corrected chi connectivity index (χ0v) is 12.3. The summed E-state index contributed by atoms with van der Waals surface area (Å²) >= 11 is 0. The minimum Gasteiger partial charge on any atom is -0.468 e. The number of carbonyl (C=O) groups is 1. The number of rotatable bonds is 7. The Hall–Kier alpha value is -1.52. The van der Waals surface area contributed by atoms with Gasteiger partial charge in [-0.05, 0) is 13.3 Å². The first-order chi connectivity index (χ1) is 9.10. The van der Waals surface area contributed by atoms with Gasteiger partial charge in [0.15, 0.2) is 0 Å². The summed E-state index contributed by atoms with van der Waals surface area (Å²) in [6.45, 7) is 4.33. The van der Waals surface area contributed by atoms with Crippen LogP contribution in [0.25, 0.3) is 0 Å². The summed E-state index contributed by atoms with van der Waals surface area (Å²) in [7, 11) is 5.91. The molecule has 0 saturated heterocycles. The first-order valence-electron chi connectivity index (χ1n) is 6.77. The quantitative estimate of drug-likeness (QED) is 0.316. The third-order valence-corrected chi connectivity index (χ3v) is 2.97. The van der Waals surface area contributed by atoms with Crippen LogP contribution < -0.4 is 10.3 Å². The highest BCUT2D eigenvalue weighted by atomic mass is 16.5. The van der Waals surface area contributed by atoms with Gasteiger partial charge in [0.05, 0.1) is 20.7 Å². The van der Waals surface area contributed by atoms with Crippen LogP contribution in [0.15, 0.2) is 24.5 Å². The maximum atomic E-state index is 12.0. The van der Waals surface area contributed by atoms with E-state index in [1.807, 2.05) is 55.9 Å². The highest BCUT2D eigenvalue weighted by Crippen LogP contribution is 2.12. The summed E-state index contributed by atoms with van der Waals surface area (Å²) in [5, 5.41) is 0. The van der Waals surface area contributed by atoms with E-state index >= 15 is 0 Å². The number of nitrogens with zero attached hydrogens (tertiary/aromatic N) is 2. The predicted octanol–water partition coefficient (Wildman–Crippen LogP) is 0.887. The van der Waals surface area contributed by atoms with E-state index in [0.717, 1.165) is 12.1 Å². The number of aromatic nitrogens is 2. The molecule has 1 unspecified atom stereocenters. The van der Waals surface area contributed by atoms with E-state index in [9.17, 15) is 4.79 Å². The van der Waals surface area contributed by atoms with Gasteiger partial charge in [-0.3, -0.25) is 13.9 Å². The molecule has 19 heavy (non-hydrogen) atoms. The van der Waals surface area contributed by atoms with Gasteiger partial charge in [0.25, 0.3) is 5.97 Å². The zero-order chi connectivity index (χ0) is 14.3. The number of aryl methyl sites for hydroxylation is 2. The van der Waals surface area contributed by atoms with Crippen LogP contribution in [-0.4, -0.2) is 24.4 Å². The second-order valence-corrected chi connectivity index (χ2v) is 4.52. The van der Waals surface area contributed by atoms with Crippen molar-refractivity contribution in [1.29, 1.82) is 0 Å². The number of hydrogen-bond acceptors (Lipinski definition) is 2. The summed E-state index contributed by atoms with van der Waals surface area (Å²) in [5.41, 5.74) is 1.00. The normalized spacial score (nSPS) is 12.8. The van der Waals surface area contributed by atoms with Crippen LogP contribution in [0.4, 0.5) is 0 Å². The molecule has 0 N–H and O–H groups in total. The molecule has 0 bridgehead atoms. The Labute approximate surface area is 116 Å². The van der Waals surface area contributed by atoms with Crippen LogP contribution in [0.5, 0.6) is 0 Å². The van der Waals surface area contributed by atoms with Crippen molar-refractivity contribution in [1.82, 2.24) is 4.57 Å². The lowest BCUT2D eigenvalue weighted by molar-refractivity contribution is -0.653. The maximum Gasteiger partial charge on any atom is 0.268 e. The van der Waals surface area contributed by atoms with Gasteiger partial charge >= 0.3 is 0 Å². The summed E-state index contributed by atoms with van der Waals surface area (Å²) in [4.78, 5) is 12.0. The average molecular weight is 262 g/mol. The molecule has 0 aliphatic carbocycles. The minimum atomic E-state index is -0.234. The van der Waals surface area contributed by atoms with Gasteiger partial charge in [-0.25, -0.2) is 0 Å². The van der Waals surface area contributed by atoms with Crippen LogP contribution in [0, 0.1) is 0 Å². The lowest BCUT2D eigenvalue weighted by atomic mass is 9.62. The van der Waals surface area contributed by atoms with Gasteiger partial charge in [0.2, 0.25) is 0 Å². The van der Waals surface area contributed by atoms with E-state index < -0.39 is 0 Å². The monoisotopic (exact) mass is 262 g/mol. The van der Waals surface area contributed by atoms with Crippen LogP contribution in [0.2, 0.25) is 5.82 Å². The first-order valence-corrected chi connectivity index (χ1v) is 6.77. The largest absolute Gasteiger partial charge is 0.468 e. The topological polar surface area (TPSA) is 35.1 Å². The van der Waals surface area contributed by atoms with Gasteiger partial charge in [0, 0.05) is 5.72 Å². The fourth-order valence-electron chi connectivity index (χ4n) is 1.91. The summed E-state index contributed by atoms with van der Waals surface area (Å²) in [6.07, 6.45) is 9.71. The van der Waals surface area contributed by atoms with Crippen molar-refractivity contribution in [3.8, 4) is 0 Å². The molecule has 1 rings (SSSR count). The molecule has 1 heterocycles. The summed E-state index contributed by atoms with van der Waals surface area (Å²) in [6, 6.07) is 0. The molecule has 0 fully saturated rings. The Morgan fingerprint density at radius 3 is 2.79 bits per heavy atom. The van der Waals surface area contributed by atoms with Crippen molar-refractivity contribution in [3.63, 3.8) is 0 Å². The number of carbonyl (C=O) groups excluding carboxylic acids is 1. The second-order valence-electron chi connectivity index (χ2n) is 4.52. The van der Waals surface area contributed by atoms with E-state index in [1.54, 1.807) is 0 Å². The number of hydrogen-bond donors (Lipinski definition) is 0. The summed E-state index contributed by atoms with van der Waals surface area (Å²) < 4.78 is 9.13. The molecular formula is C14H23BN2O2. The Balaban J connectivity index is 2.78. The highest BCUT2D eigenvalue weighted by molar-refractivity contribution is 6.56. The van der Waals surface area contributed by atoms with E-state index in [-0.39, 0.29) is 11.8 Å². The van der Waals surface area contributed by atoms with Crippen molar-refractivity contribution in [2.45, 2.75) is 32.5 Å². The highest BCUT2D eigenvalue weighted by Gasteiger charge is 2.12. The molecule has 104 valence electrons. The molecule has 0 saturated carbocycles. The van der Waals surface area contributed by atoms with Crippen LogP contribution in [0.3, 0.4) is 0 Å². The van der Waals surface area contributed by atoms with Crippen LogP contribution in [-0.2, 0) is 23.6 Å². The molecule has 0 aliphatic rings. The fourth-order valence-corrected chi connectivity index (χ4v) is 1.91. The lowest BCUT2D eigenvalue weighted by Crippen LogP contribution is -2.51. The van der Waals surface area contributed by atoms with E-state index in [2.05, 4.69) is 13.0 Å². The van der Waals surface area contributed by atoms with Gasteiger partial charge < -0.3 is 4.74 Å². The molecule has 0 amide bonds. The van der Waals surface area contributed by atoms with Gasteiger partial charge in [-0.15, -0.1) is 5.82 Å². The smallest absolute Gasteiger partial charge is 0.268 e. The number of allylic oxidation sites excluding steroid dienone is 2. The standard InChI is InChI=1S/C14H23BN2O2/c1-5-7-8-9-12(13(18)19-6-2)15-14-16(3)10-11-17(14)4/h7-8,10-12H,5-6,9H2,1-4H3/b8-7+. The maximum absolute atomic E-state index is 12.0. The van der Waals surface area contributed by atoms with Crippen molar-refractivity contribution >= 4 is 19.0 Å². The van der Waals surface area contributed by atoms with Gasteiger partial charge in [-0.1, -0.05) is 25.5 Å². The summed E-state index contributed by atoms with van der Waals surface area (Å²) in [5.74, 6) is -0.396. The van der Waals surface area contributed by atoms with E-state index in [1.165, 1.54) is 0 Å². The molecule has 1 aromatic heterocycles. The molecule has 2 radical (unpaired) electrons. The Bertz CT molecular complexity index is 421. The molecule has 5 heteroatoms. The van der Waals surface area contributed by atoms with Crippen LogP contribution in [0.1, 0.15) is 26.7 Å².